The molecule has 1 aliphatic heterocycles. The van der Waals surface area contributed by atoms with Crippen molar-refractivity contribution >= 4 is 11.7 Å². The molecule has 3 unspecified atom stereocenters. The SMILES string of the molecule is CCCCCC(O)C=CC1CCC(=O)C1CCCCCCC(=O)NCCCN1CCOCC1. The van der Waals surface area contributed by atoms with Gasteiger partial charge in [-0.3, -0.25) is 14.5 Å². The first-order valence-corrected chi connectivity index (χ1v) is 13.6. The maximum Gasteiger partial charge on any atom is 0.219 e. The van der Waals surface area contributed by atoms with Gasteiger partial charge in [-0.05, 0) is 44.6 Å². The highest BCUT2D eigenvalue weighted by Gasteiger charge is 2.32. The van der Waals surface area contributed by atoms with Gasteiger partial charge < -0.3 is 15.2 Å². The number of unbranched alkanes of at least 4 members (excludes halogenated alkanes) is 5. The molecule has 0 aromatic rings. The Kier molecular flexibility index (Phi) is 14.6. The zero-order valence-electron chi connectivity index (χ0n) is 20.9. The minimum absolute atomic E-state index is 0.124. The lowest BCUT2D eigenvalue weighted by molar-refractivity contribution is -0.121. The number of ketones is 1. The first-order chi connectivity index (χ1) is 16.1. The van der Waals surface area contributed by atoms with E-state index in [0.29, 0.717) is 24.5 Å². The predicted molar refractivity (Wildman–Crippen MR) is 133 cm³/mol. The molecule has 2 N–H and O–H groups in total. The second-order valence-corrected chi connectivity index (χ2v) is 9.83. The van der Waals surface area contributed by atoms with Crippen LogP contribution >= 0.6 is 0 Å². The van der Waals surface area contributed by atoms with Gasteiger partial charge >= 0.3 is 0 Å². The quantitative estimate of drug-likeness (QED) is 0.248. The summed E-state index contributed by atoms with van der Waals surface area (Å²) in [6, 6.07) is 0. The summed E-state index contributed by atoms with van der Waals surface area (Å²) in [5, 5.41) is 13.2. The highest BCUT2D eigenvalue weighted by molar-refractivity contribution is 5.83. The standard InChI is InChI=1S/C27H48N2O4/c1-2-3-6-10-24(30)15-13-23-14-16-26(31)25(23)11-7-4-5-8-12-27(32)28-17-9-18-29-19-21-33-22-20-29/h13,15,23-25,30H,2-12,14,16-22H2,1H3,(H,28,32). The Labute approximate surface area is 201 Å². The molecular weight excluding hydrogens is 416 g/mol. The van der Waals surface area contributed by atoms with Crippen LogP contribution in [0.25, 0.3) is 0 Å². The Bertz CT molecular complexity index is 574. The van der Waals surface area contributed by atoms with Crippen molar-refractivity contribution in [2.75, 3.05) is 39.4 Å². The Hall–Kier alpha value is -1.24. The molecule has 1 aliphatic carbocycles. The molecule has 0 spiro atoms. The summed E-state index contributed by atoms with van der Waals surface area (Å²) in [5.74, 6) is 0.965. The number of ether oxygens (including phenoxy) is 1. The average Bonchev–Trinajstić information content (AvgIpc) is 3.17. The number of morpholine rings is 1. The number of Topliss-reactive ketones (excluding diaryl/α,β-unsaturated/α-hetero) is 1. The van der Waals surface area contributed by atoms with Gasteiger partial charge in [0.15, 0.2) is 0 Å². The predicted octanol–water partition coefficient (Wildman–Crippen LogP) is 4.26. The Morgan fingerprint density at radius 1 is 1.15 bits per heavy atom. The van der Waals surface area contributed by atoms with E-state index in [2.05, 4.69) is 23.2 Å². The van der Waals surface area contributed by atoms with Gasteiger partial charge in [0.2, 0.25) is 5.91 Å². The van der Waals surface area contributed by atoms with E-state index in [1.807, 2.05) is 6.08 Å². The number of amides is 1. The van der Waals surface area contributed by atoms with E-state index in [4.69, 9.17) is 4.74 Å². The Balaban J connectivity index is 1.49. The second kappa shape index (κ2) is 17.2. The first kappa shape index (κ1) is 28.0. The van der Waals surface area contributed by atoms with Gasteiger partial charge in [0, 0.05) is 38.4 Å². The number of rotatable bonds is 17. The van der Waals surface area contributed by atoms with Gasteiger partial charge in [-0.2, -0.15) is 0 Å². The molecule has 2 rings (SSSR count). The molecule has 1 saturated carbocycles. The molecule has 1 heterocycles. The summed E-state index contributed by atoms with van der Waals surface area (Å²) in [5.41, 5.74) is 0. The number of hydrogen-bond donors (Lipinski definition) is 2. The van der Waals surface area contributed by atoms with Crippen molar-refractivity contribution in [3.63, 3.8) is 0 Å². The number of aliphatic hydroxyl groups is 1. The number of hydrogen-bond acceptors (Lipinski definition) is 5. The number of nitrogens with one attached hydrogen (secondary N) is 1. The zero-order chi connectivity index (χ0) is 23.7. The fourth-order valence-electron chi connectivity index (χ4n) is 4.96. The van der Waals surface area contributed by atoms with Crippen molar-refractivity contribution in [1.29, 1.82) is 0 Å². The fourth-order valence-corrected chi connectivity index (χ4v) is 4.96. The smallest absolute Gasteiger partial charge is 0.219 e. The van der Waals surface area contributed by atoms with Crippen molar-refractivity contribution in [2.45, 2.75) is 96.5 Å². The Morgan fingerprint density at radius 3 is 2.73 bits per heavy atom. The highest BCUT2D eigenvalue weighted by atomic mass is 16.5. The number of nitrogens with zero attached hydrogens (tertiary/aromatic N) is 1. The fraction of sp³-hybridized carbons (Fsp3) is 0.852. The van der Waals surface area contributed by atoms with Crippen LogP contribution in [0.5, 0.6) is 0 Å². The van der Waals surface area contributed by atoms with Gasteiger partial charge in [-0.25, -0.2) is 0 Å². The number of allylic oxidation sites excluding steroid dienone is 1. The number of carbonyl (C=O) groups is 2. The van der Waals surface area contributed by atoms with Crippen molar-refractivity contribution in [3.8, 4) is 0 Å². The summed E-state index contributed by atoms with van der Waals surface area (Å²) in [4.78, 5) is 26.7. The third-order valence-corrected chi connectivity index (χ3v) is 7.08. The summed E-state index contributed by atoms with van der Waals surface area (Å²) >= 11 is 0. The van der Waals surface area contributed by atoms with Crippen molar-refractivity contribution < 1.29 is 19.4 Å². The monoisotopic (exact) mass is 464 g/mol. The summed E-state index contributed by atoms with van der Waals surface area (Å²) in [6.45, 7) is 7.58. The third-order valence-electron chi connectivity index (χ3n) is 7.08. The molecule has 190 valence electrons. The van der Waals surface area contributed by atoms with Crippen LogP contribution in [-0.2, 0) is 14.3 Å². The lowest BCUT2D eigenvalue weighted by Gasteiger charge is -2.26. The molecule has 6 heteroatoms. The van der Waals surface area contributed by atoms with Crippen LogP contribution in [0, 0.1) is 11.8 Å². The Morgan fingerprint density at radius 2 is 1.94 bits per heavy atom. The van der Waals surface area contributed by atoms with E-state index >= 15 is 0 Å². The molecule has 33 heavy (non-hydrogen) atoms. The maximum absolute atomic E-state index is 12.3. The van der Waals surface area contributed by atoms with Gasteiger partial charge in [-0.1, -0.05) is 57.6 Å². The van der Waals surface area contributed by atoms with Crippen LogP contribution in [0.15, 0.2) is 12.2 Å². The maximum atomic E-state index is 12.3. The van der Waals surface area contributed by atoms with E-state index < -0.39 is 0 Å². The third kappa shape index (κ3) is 12.2. The molecule has 0 radical (unpaired) electrons. The van der Waals surface area contributed by atoms with E-state index in [0.717, 1.165) is 110 Å². The van der Waals surface area contributed by atoms with E-state index in [-0.39, 0.29) is 17.9 Å². The molecule has 0 aromatic carbocycles. The molecule has 0 bridgehead atoms. The minimum Gasteiger partial charge on any atom is -0.389 e. The van der Waals surface area contributed by atoms with Gasteiger partial charge in [0.05, 0.1) is 19.3 Å². The van der Waals surface area contributed by atoms with Crippen LogP contribution in [-0.4, -0.2) is 67.2 Å². The molecule has 6 nitrogen and oxygen atoms in total. The molecule has 2 fully saturated rings. The van der Waals surface area contributed by atoms with Crippen LogP contribution < -0.4 is 5.32 Å². The average molecular weight is 465 g/mol. The first-order valence-electron chi connectivity index (χ1n) is 13.6. The summed E-state index contributed by atoms with van der Waals surface area (Å²) < 4.78 is 5.35. The lowest BCUT2D eigenvalue weighted by atomic mass is 9.89. The normalized spacial score (nSPS) is 22.8. The molecule has 1 amide bonds. The van der Waals surface area contributed by atoms with Crippen LogP contribution in [0.3, 0.4) is 0 Å². The summed E-state index contributed by atoms with van der Waals surface area (Å²) in [6.07, 6.45) is 16.1. The van der Waals surface area contributed by atoms with Crippen LogP contribution in [0.1, 0.15) is 90.4 Å². The number of carbonyl (C=O) groups excluding carboxylic acids is 2. The van der Waals surface area contributed by atoms with Crippen LogP contribution in [0.2, 0.25) is 0 Å². The minimum atomic E-state index is -0.376. The molecular formula is C27H48N2O4. The van der Waals surface area contributed by atoms with E-state index in [1.165, 1.54) is 0 Å². The highest BCUT2D eigenvalue weighted by Crippen LogP contribution is 2.34. The molecule has 3 atom stereocenters. The molecule has 1 saturated heterocycles. The van der Waals surface area contributed by atoms with Crippen molar-refractivity contribution in [3.05, 3.63) is 12.2 Å². The lowest BCUT2D eigenvalue weighted by Crippen LogP contribution is -2.38. The largest absolute Gasteiger partial charge is 0.389 e. The van der Waals surface area contributed by atoms with Crippen molar-refractivity contribution in [1.82, 2.24) is 10.2 Å². The van der Waals surface area contributed by atoms with E-state index in [1.54, 1.807) is 0 Å². The van der Waals surface area contributed by atoms with E-state index in [9.17, 15) is 14.7 Å². The van der Waals surface area contributed by atoms with Gasteiger partial charge in [0.25, 0.3) is 0 Å². The summed E-state index contributed by atoms with van der Waals surface area (Å²) in [7, 11) is 0. The zero-order valence-corrected chi connectivity index (χ0v) is 20.9. The van der Waals surface area contributed by atoms with Gasteiger partial charge in [0.1, 0.15) is 5.78 Å². The van der Waals surface area contributed by atoms with Gasteiger partial charge in [-0.15, -0.1) is 0 Å². The number of aliphatic hydroxyl groups excluding tert-OH is 1. The van der Waals surface area contributed by atoms with Crippen molar-refractivity contribution in [2.24, 2.45) is 11.8 Å². The topological polar surface area (TPSA) is 78.9 Å². The molecule has 0 aromatic heterocycles. The second-order valence-electron chi connectivity index (χ2n) is 9.83. The van der Waals surface area contributed by atoms with Crippen LogP contribution in [0.4, 0.5) is 0 Å². The molecule has 2 aliphatic rings.